The summed E-state index contributed by atoms with van der Waals surface area (Å²) in [5.74, 6) is -0.482. The van der Waals surface area contributed by atoms with Crippen LogP contribution in [0.5, 0.6) is 0 Å². The van der Waals surface area contributed by atoms with Gasteiger partial charge in [0.05, 0.1) is 11.4 Å². The Morgan fingerprint density at radius 1 is 1.00 bits per heavy atom. The molecule has 0 bridgehead atoms. The highest BCUT2D eigenvalue weighted by Gasteiger charge is 2.19. The van der Waals surface area contributed by atoms with Gasteiger partial charge in [0.25, 0.3) is 21.8 Å². The van der Waals surface area contributed by atoms with E-state index in [-0.39, 0.29) is 22.6 Å². The number of nitrogens with zero attached hydrogens (tertiary/aromatic N) is 1. The smallest absolute Gasteiger partial charge is 0.265 e. The number of rotatable bonds is 7. The van der Waals surface area contributed by atoms with Crippen LogP contribution in [0.3, 0.4) is 0 Å². The van der Waals surface area contributed by atoms with E-state index < -0.39 is 10.0 Å². The van der Waals surface area contributed by atoms with Crippen molar-refractivity contribution in [1.29, 1.82) is 0 Å². The quantitative estimate of drug-likeness (QED) is 0.579. The Kier molecular flexibility index (Phi) is 6.48. The first-order chi connectivity index (χ1) is 13.8. The van der Waals surface area contributed by atoms with Crippen molar-refractivity contribution >= 4 is 50.2 Å². The number of amides is 2. The zero-order chi connectivity index (χ0) is 21.0. The van der Waals surface area contributed by atoms with Crippen LogP contribution >= 0.6 is 22.7 Å². The standard InChI is InChI=1S/C19H19N3O4S3/c1-22(2)29(25,26)17-10-9-15(28-17)12-20-18(23)13-5-7-14(8-6-13)21-19(24)16-4-3-11-27-16/h3-11H,12H2,1-2H3,(H,20,23)(H,21,24). The number of sulfonamides is 1. The van der Waals surface area contributed by atoms with Gasteiger partial charge in [0.2, 0.25) is 0 Å². The third kappa shape index (κ3) is 5.10. The van der Waals surface area contributed by atoms with Crippen LogP contribution < -0.4 is 10.6 Å². The Labute approximate surface area is 177 Å². The molecule has 0 fully saturated rings. The molecule has 0 aliphatic heterocycles. The second kappa shape index (κ2) is 8.87. The van der Waals surface area contributed by atoms with Crippen LogP contribution in [-0.4, -0.2) is 38.6 Å². The SMILES string of the molecule is CN(C)S(=O)(=O)c1ccc(CNC(=O)c2ccc(NC(=O)c3cccs3)cc2)s1. The van der Waals surface area contributed by atoms with E-state index in [9.17, 15) is 18.0 Å². The van der Waals surface area contributed by atoms with Crippen molar-refractivity contribution < 1.29 is 18.0 Å². The maximum atomic E-state index is 12.3. The molecule has 2 aromatic heterocycles. The molecule has 3 rings (SSSR count). The van der Waals surface area contributed by atoms with Crippen molar-refractivity contribution in [3.05, 3.63) is 69.2 Å². The Morgan fingerprint density at radius 3 is 2.34 bits per heavy atom. The van der Waals surface area contributed by atoms with E-state index in [2.05, 4.69) is 10.6 Å². The van der Waals surface area contributed by atoms with Gasteiger partial charge in [0.1, 0.15) is 4.21 Å². The molecule has 0 saturated carbocycles. The van der Waals surface area contributed by atoms with E-state index in [0.29, 0.717) is 16.1 Å². The highest BCUT2D eigenvalue weighted by atomic mass is 32.2. The highest BCUT2D eigenvalue weighted by molar-refractivity contribution is 7.91. The number of carbonyl (C=O) groups excluding carboxylic acids is 2. The number of nitrogens with one attached hydrogen (secondary N) is 2. The molecule has 0 atom stereocenters. The second-order valence-corrected chi connectivity index (χ2v) is 10.7. The van der Waals surface area contributed by atoms with Crippen molar-refractivity contribution in [2.24, 2.45) is 0 Å². The number of hydrogen-bond acceptors (Lipinski definition) is 6. The van der Waals surface area contributed by atoms with Crippen molar-refractivity contribution in [3.8, 4) is 0 Å². The first kappa shape index (κ1) is 21.2. The van der Waals surface area contributed by atoms with Crippen LogP contribution in [0, 0.1) is 0 Å². The molecule has 1 aromatic carbocycles. The van der Waals surface area contributed by atoms with Crippen molar-refractivity contribution in [1.82, 2.24) is 9.62 Å². The molecule has 2 heterocycles. The fraction of sp³-hybridized carbons (Fsp3) is 0.158. The lowest BCUT2D eigenvalue weighted by molar-refractivity contribution is 0.0950. The molecule has 29 heavy (non-hydrogen) atoms. The van der Waals surface area contributed by atoms with Gasteiger partial charge < -0.3 is 10.6 Å². The minimum atomic E-state index is -3.47. The summed E-state index contributed by atoms with van der Waals surface area (Å²) in [5.41, 5.74) is 1.04. The van der Waals surface area contributed by atoms with E-state index in [0.717, 1.165) is 20.5 Å². The molecule has 152 valence electrons. The molecule has 10 heteroatoms. The summed E-state index contributed by atoms with van der Waals surface area (Å²) < 4.78 is 25.6. The Hall–Kier alpha value is -2.53. The van der Waals surface area contributed by atoms with Gasteiger partial charge in [-0.05, 0) is 47.8 Å². The summed E-state index contributed by atoms with van der Waals surface area (Å²) in [4.78, 5) is 25.7. The van der Waals surface area contributed by atoms with Crippen LogP contribution in [-0.2, 0) is 16.6 Å². The molecule has 0 spiro atoms. The molecule has 0 unspecified atom stereocenters. The molecule has 0 aliphatic rings. The second-order valence-electron chi connectivity index (χ2n) is 6.20. The third-order valence-corrected chi connectivity index (χ3v) is 8.18. The van der Waals surface area contributed by atoms with E-state index in [1.807, 2.05) is 5.38 Å². The number of carbonyl (C=O) groups is 2. The average molecular weight is 450 g/mol. The molecule has 0 aliphatic carbocycles. The normalized spacial score (nSPS) is 11.4. The Bertz CT molecular complexity index is 1100. The van der Waals surface area contributed by atoms with Gasteiger partial charge in [-0.15, -0.1) is 22.7 Å². The Morgan fingerprint density at radius 2 is 1.72 bits per heavy atom. The first-order valence-electron chi connectivity index (χ1n) is 8.52. The van der Waals surface area contributed by atoms with Gasteiger partial charge in [-0.2, -0.15) is 0 Å². The van der Waals surface area contributed by atoms with Gasteiger partial charge in [-0.25, -0.2) is 12.7 Å². The molecular formula is C19H19N3O4S3. The highest BCUT2D eigenvalue weighted by Crippen LogP contribution is 2.23. The molecule has 2 N–H and O–H groups in total. The molecule has 7 nitrogen and oxygen atoms in total. The lowest BCUT2D eigenvalue weighted by atomic mass is 10.2. The number of anilines is 1. The zero-order valence-corrected chi connectivity index (χ0v) is 18.2. The maximum Gasteiger partial charge on any atom is 0.265 e. The number of thiophene rings is 2. The van der Waals surface area contributed by atoms with Gasteiger partial charge in [0.15, 0.2) is 0 Å². The van der Waals surface area contributed by atoms with E-state index >= 15 is 0 Å². The predicted molar refractivity (Wildman–Crippen MR) is 115 cm³/mol. The molecular weight excluding hydrogens is 430 g/mol. The number of benzene rings is 1. The monoisotopic (exact) mass is 449 g/mol. The lowest BCUT2D eigenvalue weighted by Crippen LogP contribution is -2.22. The van der Waals surface area contributed by atoms with Crippen molar-refractivity contribution in [2.75, 3.05) is 19.4 Å². The summed E-state index contributed by atoms with van der Waals surface area (Å²) in [7, 11) is -0.522. The van der Waals surface area contributed by atoms with Crippen LogP contribution in [0.15, 0.2) is 58.1 Å². The lowest BCUT2D eigenvalue weighted by Gasteiger charge is -2.08. The fourth-order valence-corrected chi connectivity index (χ4v) is 5.43. The summed E-state index contributed by atoms with van der Waals surface area (Å²) in [6, 6.07) is 13.3. The zero-order valence-electron chi connectivity index (χ0n) is 15.7. The third-order valence-electron chi connectivity index (χ3n) is 3.95. The molecule has 0 saturated heterocycles. The van der Waals surface area contributed by atoms with Gasteiger partial charge in [0, 0.05) is 30.2 Å². The van der Waals surface area contributed by atoms with Gasteiger partial charge in [-0.1, -0.05) is 6.07 Å². The Balaban J connectivity index is 1.57. The average Bonchev–Trinajstić information content (AvgIpc) is 3.39. The van der Waals surface area contributed by atoms with Crippen molar-refractivity contribution in [3.63, 3.8) is 0 Å². The topological polar surface area (TPSA) is 95.6 Å². The number of hydrogen-bond donors (Lipinski definition) is 2. The van der Waals surface area contributed by atoms with E-state index in [1.165, 1.54) is 31.5 Å². The van der Waals surface area contributed by atoms with E-state index in [4.69, 9.17) is 0 Å². The van der Waals surface area contributed by atoms with Gasteiger partial charge >= 0.3 is 0 Å². The summed E-state index contributed by atoms with van der Waals surface area (Å²) in [5, 5.41) is 7.37. The molecule has 0 radical (unpaired) electrons. The summed E-state index contributed by atoms with van der Waals surface area (Å²) >= 11 is 2.47. The molecule has 2 amide bonds. The van der Waals surface area contributed by atoms with Crippen LogP contribution in [0.2, 0.25) is 0 Å². The minimum absolute atomic E-state index is 0.196. The summed E-state index contributed by atoms with van der Waals surface area (Å²) in [6.45, 7) is 0.226. The van der Waals surface area contributed by atoms with Crippen LogP contribution in [0.25, 0.3) is 0 Å². The maximum absolute atomic E-state index is 12.3. The minimum Gasteiger partial charge on any atom is -0.347 e. The summed E-state index contributed by atoms with van der Waals surface area (Å²) in [6.07, 6.45) is 0. The fourth-order valence-electron chi connectivity index (χ4n) is 2.35. The van der Waals surface area contributed by atoms with Crippen LogP contribution in [0.4, 0.5) is 5.69 Å². The van der Waals surface area contributed by atoms with Crippen LogP contribution in [0.1, 0.15) is 24.9 Å². The van der Waals surface area contributed by atoms with E-state index in [1.54, 1.807) is 42.5 Å². The molecule has 3 aromatic rings. The van der Waals surface area contributed by atoms with Gasteiger partial charge in [-0.3, -0.25) is 9.59 Å². The first-order valence-corrected chi connectivity index (χ1v) is 11.7. The predicted octanol–water partition coefficient (Wildman–Crippen LogP) is 3.24. The van der Waals surface area contributed by atoms with Crippen molar-refractivity contribution in [2.45, 2.75) is 10.8 Å². The largest absolute Gasteiger partial charge is 0.347 e.